The maximum Gasteiger partial charge on any atom is 0.263 e. The average Bonchev–Trinajstić information content (AvgIpc) is 3.29. The Morgan fingerprint density at radius 3 is 2.83 bits per heavy atom. The maximum absolute atomic E-state index is 13.0. The Kier molecular flexibility index (Phi) is 6.06. The van der Waals surface area contributed by atoms with Gasteiger partial charge in [-0.1, -0.05) is 12.1 Å². The third-order valence-electron chi connectivity index (χ3n) is 5.29. The number of imidazole rings is 1. The highest BCUT2D eigenvalue weighted by molar-refractivity contribution is 6.05. The van der Waals surface area contributed by atoms with E-state index in [4.69, 9.17) is 4.74 Å². The van der Waals surface area contributed by atoms with Crippen molar-refractivity contribution in [2.24, 2.45) is 0 Å². The quantitative estimate of drug-likeness (QED) is 0.653. The number of anilines is 1. The molecular formula is C22H25N5O3. The van der Waals surface area contributed by atoms with Crippen molar-refractivity contribution in [3.63, 3.8) is 0 Å². The van der Waals surface area contributed by atoms with Gasteiger partial charge in [0.25, 0.3) is 11.5 Å². The van der Waals surface area contributed by atoms with Crippen LogP contribution in [0.2, 0.25) is 0 Å². The summed E-state index contributed by atoms with van der Waals surface area (Å²) in [7, 11) is 0. The molecule has 3 aromatic rings. The van der Waals surface area contributed by atoms with Gasteiger partial charge in [0.15, 0.2) is 0 Å². The van der Waals surface area contributed by atoms with Gasteiger partial charge in [0.05, 0.1) is 31.4 Å². The number of pyridine rings is 1. The molecule has 0 aliphatic carbocycles. The van der Waals surface area contributed by atoms with Crippen molar-refractivity contribution >= 4 is 11.6 Å². The van der Waals surface area contributed by atoms with Gasteiger partial charge in [-0.2, -0.15) is 0 Å². The number of ether oxygens (including phenoxy) is 1. The van der Waals surface area contributed by atoms with Crippen LogP contribution in [0.25, 0.3) is 11.3 Å². The number of hydrogen-bond donors (Lipinski definition) is 2. The Bertz CT molecular complexity index is 1070. The Labute approximate surface area is 174 Å². The fourth-order valence-electron chi connectivity index (χ4n) is 3.56. The van der Waals surface area contributed by atoms with E-state index in [9.17, 15) is 9.59 Å². The van der Waals surface area contributed by atoms with E-state index in [0.717, 1.165) is 30.9 Å². The number of carbonyl (C=O) groups excluding carboxylic acids is 1. The number of H-pyrrole nitrogens is 1. The molecule has 8 nitrogen and oxygen atoms in total. The van der Waals surface area contributed by atoms with Gasteiger partial charge < -0.3 is 19.6 Å². The predicted molar refractivity (Wildman–Crippen MR) is 115 cm³/mol. The van der Waals surface area contributed by atoms with Crippen LogP contribution in [0.5, 0.6) is 0 Å². The van der Waals surface area contributed by atoms with Gasteiger partial charge in [0.1, 0.15) is 5.56 Å². The summed E-state index contributed by atoms with van der Waals surface area (Å²) in [4.78, 5) is 35.3. The fraction of sp³-hybridized carbons (Fsp3) is 0.318. The first-order chi connectivity index (χ1) is 14.6. The number of amides is 1. The van der Waals surface area contributed by atoms with E-state index in [1.807, 2.05) is 24.3 Å². The number of benzene rings is 1. The first-order valence-corrected chi connectivity index (χ1v) is 10.0. The molecule has 1 aromatic carbocycles. The zero-order valence-electron chi connectivity index (χ0n) is 16.9. The number of aromatic amines is 1. The second kappa shape index (κ2) is 9.06. The molecule has 0 unspecified atom stereocenters. The smallest absolute Gasteiger partial charge is 0.263 e. The molecule has 156 valence electrons. The van der Waals surface area contributed by atoms with E-state index in [0.29, 0.717) is 31.0 Å². The second-order valence-electron chi connectivity index (χ2n) is 7.33. The van der Waals surface area contributed by atoms with Gasteiger partial charge in [0.2, 0.25) is 0 Å². The largest absolute Gasteiger partial charge is 0.379 e. The van der Waals surface area contributed by atoms with Crippen LogP contribution in [0.3, 0.4) is 0 Å². The van der Waals surface area contributed by atoms with E-state index < -0.39 is 5.91 Å². The SMILES string of the molecule is Cc1ccn(CCN2CCOCC2)c(=O)c1C(=O)Nc1cccc(-c2cnc[nH]2)c1. The summed E-state index contributed by atoms with van der Waals surface area (Å²) in [5.41, 5.74) is 2.93. The van der Waals surface area contributed by atoms with Crippen LogP contribution in [0.15, 0.2) is 53.8 Å². The molecule has 0 saturated carbocycles. The lowest BCUT2D eigenvalue weighted by atomic mass is 10.1. The molecule has 2 N–H and O–H groups in total. The monoisotopic (exact) mass is 407 g/mol. The van der Waals surface area contributed by atoms with Crippen molar-refractivity contribution in [3.8, 4) is 11.3 Å². The molecule has 0 radical (unpaired) electrons. The lowest BCUT2D eigenvalue weighted by Gasteiger charge is -2.26. The second-order valence-corrected chi connectivity index (χ2v) is 7.33. The van der Waals surface area contributed by atoms with Gasteiger partial charge in [-0.25, -0.2) is 4.98 Å². The number of rotatable bonds is 6. The summed E-state index contributed by atoms with van der Waals surface area (Å²) in [5, 5.41) is 2.86. The number of aryl methyl sites for hydroxylation is 1. The van der Waals surface area contributed by atoms with Crippen LogP contribution in [0, 0.1) is 6.92 Å². The summed E-state index contributed by atoms with van der Waals surface area (Å²) < 4.78 is 6.97. The van der Waals surface area contributed by atoms with E-state index in [2.05, 4.69) is 20.2 Å². The normalized spacial score (nSPS) is 14.6. The minimum Gasteiger partial charge on any atom is -0.379 e. The molecule has 1 fully saturated rings. The lowest BCUT2D eigenvalue weighted by Crippen LogP contribution is -2.40. The maximum atomic E-state index is 13.0. The molecule has 8 heteroatoms. The number of morpholine rings is 1. The molecule has 1 aliphatic heterocycles. The molecule has 1 amide bonds. The Morgan fingerprint density at radius 2 is 2.07 bits per heavy atom. The van der Waals surface area contributed by atoms with Crippen molar-refractivity contribution in [1.82, 2.24) is 19.4 Å². The highest BCUT2D eigenvalue weighted by Crippen LogP contribution is 2.20. The molecule has 1 saturated heterocycles. The van der Waals surface area contributed by atoms with Crippen molar-refractivity contribution in [2.45, 2.75) is 13.5 Å². The number of aromatic nitrogens is 3. The average molecular weight is 407 g/mol. The molecule has 30 heavy (non-hydrogen) atoms. The van der Waals surface area contributed by atoms with E-state index in [-0.39, 0.29) is 11.1 Å². The van der Waals surface area contributed by atoms with Gasteiger partial charge in [-0.15, -0.1) is 0 Å². The number of hydrogen-bond acceptors (Lipinski definition) is 5. The minimum absolute atomic E-state index is 0.173. The van der Waals surface area contributed by atoms with Crippen LogP contribution in [0.4, 0.5) is 5.69 Å². The van der Waals surface area contributed by atoms with Gasteiger partial charge in [-0.3, -0.25) is 14.5 Å². The van der Waals surface area contributed by atoms with E-state index in [1.165, 1.54) is 0 Å². The molecule has 4 rings (SSSR count). The highest BCUT2D eigenvalue weighted by Gasteiger charge is 2.17. The standard InChI is InChI=1S/C22H25N5O3/c1-16-5-6-27(8-7-26-9-11-30-12-10-26)22(29)20(16)21(28)25-18-4-2-3-17(13-18)19-14-23-15-24-19/h2-6,13-15H,7-12H2,1H3,(H,23,24)(H,25,28). The molecule has 0 bridgehead atoms. The zero-order chi connectivity index (χ0) is 20.9. The van der Waals surface area contributed by atoms with Gasteiger partial charge >= 0.3 is 0 Å². The molecular weight excluding hydrogens is 382 g/mol. The topological polar surface area (TPSA) is 92.2 Å². The summed E-state index contributed by atoms with van der Waals surface area (Å²) in [6.45, 7) is 6.22. The van der Waals surface area contributed by atoms with E-state index >= 15 is 0 Å². The van der Waals surface area contributed by atoms with Gasteiger partial charge in [0, 0.05) is 43.6 Å². The number of nitrogens with one attached hydrogen (secondary N) is 2. The third-order valence-corrected chi connectivity index (χ3v) is 5.29. The van der Waals surface area contributed by atoms with Crippen molar-refractivity contribution < 1.29 is 9.53 Å². The molecule has 0 spiro atoms. The Hall–Kier alpha value is -3.23. The Morgan fingerprint density at radius 1 is 1.23 bits per heavy atom. The lowest BCUT2D eigenvalue weighted by molar-refractivity contribution is 0.0363. The molecule has 1 aliphatic rings. The van der Waals surface area contributed by atoms with Crippen LogP contribution < -0.4 is 10.9 Å². The first-order valence-electron chi connectivity index (χ1n) is 10.0. The van der Waals surface area contributed by atoms with Crippen LogP contribution >= 0.6 is 0 Å². The first kappa shape index (κ1) is 20.1. The van der Waals surface area contributed by atoms with Crippen molar-refractivity contribution in [1.29, 1.82) is 0 Å². The molecule has 2 aromatic heterocycles. The predicted octanol–water partition coefficient (Wildman–Crippen LogP) is 2.13. The molecule has 3 heterocycles. The van der Waals surface area contributed by atoms with Crippen molar-refractivity contribution in [3.05, 3.63) is 70.5 Å². The summed E-state index contributed by atoms with van der Waals surface area (Å²) in [5.74, 6) is -0.403. The summed E-state index contributed by atoms with van der Waals surface area (Å²) in [6.07, 6.45) is 5.08. The van der Waals surface area contributed by atoms with Crippen molar-refractivity contribution in [2.75, 3.05) is 38.2 Å². The summed E-state index contributed by atoms with van der Waals surface area (Å²) >= 11 is 0. The zero-order valence-corrected chi connectivity index (χ0v) is 16.9. The Balaban J connectivity index is 1.51. The highest BCUT2D eigenvalue weighted by atomic mass is 16.5. The van der Waals surface area contributed by atoms with Gasteiger partial charge in [-0.05, 0) is 30.7 Å². The molecule has 0 atom stereocenters. The third kappa shape index (κ3) is 4.50. The minimum atomic E-state index is -0.403. The van der Waals surface area contributed by atoms with Crippen LogP contribution in [-0.2, 0) is 11.3 Å². The van der Waals surface area contributed by atoms with Crippen LogP contribution in [0.1, 0.15) is 15.9 Å². The summed E-state index contributed by atoms with van der Waals surface area (Å²) in [6, 6.07) is 9.24. The number of nitrogens with zero attached hydrogens (tertiary/aromatic N) is 3. The van der Waals surface area contributed by atoms with E-state index in [1.54, 1.807) is 36.3 Å². The fourth-order valence-corrected chi connectivity index (χ4v) is 3.56. The van der Waals surface area contributed by atoms with Crippen LogP contribution in [-0.4, -0.2) is 58.2 Å². The number of carbonyl (C=O) groups is 1.